The molecule has 88 valence electrons. The molecule has 1 aromatic carbocycles. The number of hydrogen-bond donors (Lipinski definition) is 0. The van der Waals surface area contributed by atoms with Crippen LogP contribution in [-0.2, 0) is 0 Å². The summed E-state index contributed by atoms with van der Waals surface area (Å²) in [5.41, 5.74) is 1.08. The SMILES string of the molecule is CN(C)c1cccc(Oc2ncc(I)cn2)c1. The Morgan fingerprint density at radius 1 is 1.18 bits per heavy atom. The second-order valence-electron chi connectivity index (χ2n) is 3.68. The van der Waals surface area contributed by atoms with Crippen LogP contribution in [0.15, 0.2) is 36.7 Å². The molecule has 2 aromatic rings. The highest BCUT2D eigenvalue weighted by molar-refractivity contribution is 14.1. The second kappa shape index (κ2) is 5.31. The molecular weight excluding hydrogens is 329 g/mol. The molecule has 1 heterocycles. The zero-order valence-corrected chi connectivity index (χ0v) is 11.7. The number of hydrogen-bond acceptors (Lipinski definition) is 4. The Balaban J connectivity index is 2.18. The molecule has 0 aliphatic carbocycles. The average molecular weight is 341 g/mol. The van der Waals surface area contributed by atoms with Gasteiger partial charge in [0.25, 0.3) is 0 Å². The van der Waals surface area contributed by atoms with Gasteiger partial charge in [-0.2, -0.15) is 0 Å². The fourth-order valence-corrected chi connectivity index (χ4v) is 1.56. The molecule has 0 N–H and O–H groups in total. The maximum absolute atomic E-state index is 5.57. The fourth-order valence-electron chi connectivity index (χ4n) is 1.28. The first kappa shape index (κ1) is 12.1. The number of ether oxygens (including phenoxy) is 1. The van der Waals surface area contributed by atoms with Crippen LogP contribution in [0.2, 0.25) is 0 Å². The Labute approximate surface area is 114 Å². The molecule has 0 saturated carbocycles. The molecule has 0 spiro atoms. The Morgan fingerprint density at radius 3 is 2.53 bits per heavy atom. The van der Waals surface area contributed by atoms with E-state index in [0.717, 1.165) is 15.0 Å². The third-order valence-corrected chi connectivity index (χ3v) is 2.70. The van der Waals surface area contributed by atoms with E-state index in [2.05, 4.69) is 32.6 Å². The molecule has 0 aliphatic heterocycles. The topological polar surface area (TPSA) is 38.2 Å². The first-order valence-electron chi connectivity index (χ1n) is 5.08. The molecule has 0 saturated heterocycles. The summed E-state index contributed by atoms with van der Waals surface area (Å²) in [6.45, 7) is 0. The van der Waals surface area contributed by atoms with Crippen molar-refractivity contribution in [2.75, 3.05) is 19.0 Å². The van der Waals surface area contributed by atoms with Gasteiger partial charge in [-0.15, -0.1) is 0 Å². The van der Waals surface area contributed by atoms with Crippen LogP contribution in [-0.4, -0.2) is 24.1 Å². The van der Waals surface area contributed by atoms with Gasteiger partial charge in [0.2, 0.25) is 0 Å². The van der Waals surface area contributed by atoms with E-state index in [9.17, 15) is 0 Å². The van der Waals surface area contributed by atoms with E-state index in [1.807, 2.05) is 43.3 Å². The summed E-state index contributed by atoms with van der Waals surface area (Å²) in [6, 6.07) is 8.15. The van der Waals surface area contributed by atoms with Gasteiger partial charge in [-0.25, -0.2) is 9.97 Å². The maximum Gasteiger partial charge on any atom is 0.321 e. The van der Waals surface area contributed by atoms with E-state index in [-0.39, 0.29) is 0 Å². The van der Waals surface area contributed by atoms with Crippen LogP contribution in [0, 0.1) is 3.57 Å². The van der Waals surface area contributed by atoms with Crippen molar-refractivity contribution in [3.63, 3.8) is 0 Å². The summed E-state index contributed by atoms with van der Waals surface area (Å²) in [6.07, 6.45) is 3.44. The van der Waals surface area contributed by atoms with Gasteiger partial charge >= 0.3 is 6.01 Å². The minimum atomic E-state index is 0.362. The minimum absolute atomic E-state index is 0.362. The summed E-state index contributed by atoms with van der Waals surface area (Å²) in [7, 11) is 3.97. The van der Waals surface area contributed by atoms with E-state index < -0.39 is 0 Å². The zero-order chi connectivity index (χ0) is 12.3. The highest BCUT2D eigenvalue weighted by Crippen LogP contribution is 2.22. The number of rotatable bonds is 3. The van der Waals surface area contributed by atoms with Crippen molar-refractivity contribution in [3.8, 4) is 11.8 Å². The fraction of sp³-hybridized carbons (Fsp3) is 0.167. The monoisotopic (exact) mass is 341 g/mol. The van der Waals surface area contributed by atoms with Crippen LogP contribution in [0.5, 0.6) is 11.8 Å². The van der Waals surface area contributed by atoms with Gasteiger partial charge in [0.05, 0.1) is 0 Å². The summed E-state index contributed by atoms with van der Waals surface area (Å²) >= 11 is 2.15. The van der Waals surface area contributed by atoms with Gasteiger partial charge in [-0.1, -0.05) is 6.07 Å². The predicted octanol–water partition coefficient (Wildman–Crippen LogP) is 2.94. The molecule has 0 amide bonds. The van der Waals surface area contributed by atoms with Crippen molar-refractivity contribution in [3.05, 3.63) is 40.2 Å². The number of anilines is 1. The highest BCUT2D eigenvalue weighted by atomic mass is 127. The summed E-state index contributed by atoms with van der Waals surface area (Å²) in [5.74, 6) is 0.734. The molecule has 0 aliphatic rings. The largest absolute Gasteiger partial charge is 0.424 e. The minimum Gasteiger partial charge on any atom is -0.424 e. The van der Waals surface area contributed by atoms with E-state index in [4.69, 9.17) is 4.74 Å². The Kier molecular flexibility index (Phi) is 3.78. The van der Waals surface area contributed by atoms with Crippen molar-refractivity contribution >= 4 is 28.3 Å². The highest BCUT2D eigenvalue weighted by Gasteiger charge is 2.02. The molecule has 5 heteroatoms. The number of aromatic nitrogens is 2. The van der Waals surface area contributed by atoms with Crippen molar-refractivity contribution in [1.82, 2.24) is 9.97 Å². The van der Waals surface area contributed by atoms with Gasteiger partial charge < -0.3 is 9.64 Å². The Hall–Kier alpha value is -1.37. The average Bonchev–Trinajstić information content (AvgIpc) is 2.32. The molecule has 1 aromatic heterocycles. The normalized spacial score (nSPS) is 10.1. The molecule has 0 unspecified atom stereocenters. The van der Waals surface area contributed by atoms with Crippen molar-refractivity contribution in [2.45, 2.75) is 0 Å². The Morgan fingerprint density at radius 2 is 1.88 bits per heavy atom. The van der Waals surface area contributed by atoms with E-state index >= 15 is 0 Å². The van der Waals surface area contributed by atoms with Crippen LogP contribution in [0.1, 0.15) is 0 Å². The molecule has 0 bridgehead atoms. The van der Waals surface area contributed by atoms with Crippen LogP contribution in [0.4, 0.5) is 5.69 Å². The standard InChI is InChI=1S/C12H12IN3O/c1-16(2)10-4-3-5-11(6-10)17-12-14-7-9(13)8-15-12/h3-8H,1-2H3. The van der Waals surface area contributed by atoms with Gasteiger partial charge in [-0.3, -0.25) is 0 Å². The second-order valence-corrected chi connectivity index (χ2v) is 4.92. The van der Waals surface area contributed by atoms with Crippen molar-refractivity contribution in [2.24, 2.45) is 0 Å². The van der Waals surface area contributed by atoms with Gasteiger partial charge in [0.15, 0.2) is 0 Å². The zero-order valence-electron chi connectivity index (χ0n) is 9.59. The first-order valence-corrected chi connectivity index (χ1v) is 6.16. The van der Waals surface area contributed by atoms with Gasteiger partial charge in [-0.05, 0) is 34.7 Å². The van der Waals surface area contributed by atoms with Crippen LogP contribution in [0.3, 0.4) is 0 Å². The number of benzene rings is 1. The third kappa shape index (κ3) is 3.29. The maximum atomic E-state index is 5.57. The predicted molar refractivity (Wildman–Crippen MR) is 75.6 cm³/mol. The molecule has 0 atom stereocenters. The molecule has 4 nitrogen and oxygen atoms in total. The number of halogens is 1. The molecule has 0 radical (unpaired) electrons. The summed E-state index contributed by atoms with van der Waals surface area (Å²) in [4.78, 5) is 10.2. The lowest BCUT2D eigenvalue weighted by atomic mass is 10.3. The molecule has 0 fully saturated rings. The molecule has 17 heavy (non-hydrogen) atoms. The lowest BCUT2D eigenvalue weighted by Gasteiger charge is -2.13. The smallest absolute Gasteiger partial charge is 0.321 e. The van der Waals surface area contributed by atoms with E-state index in [0.29, 0.717) is 6.01 Å². The quantitative estimate of drug-likeness (QED) is 0.805. The molecule has 2 rings (SSSR count). The van der Waals surface area contributed by atoms with Crippen molar-refractivity contribution in [1.29, 1.82) is 0 Å². The first-order chi connectivity index (χ1) is 8.15. The molecular formula is C12H12IN3O. The summed E-state index contributed by atoms with van der Waals surface area (Å²) in [5, 5.41) is 0. The van der Waals surface area contributed by atoms with Crippen LogP contribution in [0.25, 0.3) is 0 Å². The number of nitrogens with zero attached hydrogens (tertiary/aromatic N) is 3. The van der Waals surface area contributed by atoms with E-state index in [1.165, 1.54) is 0 Å². The van der Waals surface area contributed by atoms with Gasteiger partial charge in [0, 0.05) is 41.8 Å². The summed E-state index contributed by atoms with van der Waals surface area (Å²) < 4.78 is 6.56. The third-order valence-electron chi connectivity index (χ3n) is 2.14. The van der Waals surface area contributed by atoms with Crippen molar-refractivity contribution < 1.29 is 4.74 Å². The van der Waals surface area contributed by atoms with Crippen LogP contribution < -0.4 is 9.64 Å². The van der Waals surface area contributed by atoms with Crippen LogP contribution >= 0.6 is 22.6 Å². The van der Waals surface area contributed by atoms with E-state index in [1.54, 1.807) is 12.4 Å². The lowest BCUT2D eigenvalue weighted by molar-refractivity contribution is 0.441. The lowest BCUT2D eigenvalue weighted by Crippen LogP contribution is -2.08. The van der Waals surface area contributed by atoms with Gasteiger partial charge in [0.1, 0.15) is 5.75 Å². The Bertz CT molecular complexity index is 499.